The maximum atomic E-state index is 11.8. The fourth-order valence-corrected chi connectivity index (χ4v) is 2.09. The van der Waals surface area contributed by atoms with Gasteiger partial charge in [0.15, 0.2) is 0 Å². The van der Waals surface area contributed by atoms with Gasteiger partial charge in [0, 0.05) is 24.5 Å². The minimum absolute atomic E-state index is 0.0616. The highest BCUT2D eigenvalue weighted by Crippen LogP contribution is 2.17. The molecule has 0 bridgehead atoms. The Balaban J connectivity index is 1.83. The van der Waals surface area contributed by atoms with E-state index in [1.807, 2.05) is 12.1 Å². The number of hydrogen-bond acceptors (Lipinski definition) is 3. The second kappa shape index (κ2) is 7.04. The lowest BCUT2D eigenvalue weighted by atomic mass is 9.99. The fraction of sp³-hybridized carbons (Fsp3) is 0.375. The van der Waals surface area contributed by atoms with Crippen LogP contribution < -0.4 is 11.1 Å². The smallest absolute Gasteiger partial charge is 0.226 e. The van der Waals surface area contributed by atoms with Gasteiger partial charge in [-0.05, 0) is 23.1 Å². The molecular formula is C16H22N4O. The molecule has 2 aromatic rings. The van der Waals surface area contributed by atoms with E-state index in [2.05, 4.69) is 41.5 Å². The molecular weight excluding hydrogens is 264 g/mol. The Bertz CT molecular complexity index is 560. The first kappa shape index (κ1) is 15.3. The van der Waals surface area contributed by atoms with Crippen LogP contribution in [0.1, 0.15) is 42.6 Å². The lowest BCUT2D eigenvalue weighted by Crippen LogP contribution is -2.32. The molecule has 0 saturated carbocycles. The highest BCUT2D eigenvalue weighted by atomic mass is 16.1. The molecule has 1 aromatic heterocycles. The van der Waals surface area contributed by atoms with Crippen molar-refractivity contribution in [1.82, 2.24) is 15.5 Å². The van der Waals surface area contributed by atoms with E-state index in [4.69, 9.17) is 5.73 Å². The van der Waals surface area contributed by atoms with Crippen molar-refractivity contribution in [2.75, 3.05) is 6.54 Å². The van der Waals surface area contributed by atoms with Crippen molar-refractivity contribution < 1.29 is 4.79 Å². The lowest BCUT2D eigenvalue weighted by Gasteiger charge is -2.14. The van der Waals surface area contributed by atoms with Crippen molar-refractivity contribution in [2.24, 2.45) is 5.73 Å². The summed E-state index contributed by atoms with van der Waals surface area (Å²) in [4.78, 5) is 11.8. The summed E-state index contributed by atoms with van der Waals surface area (Å²) >= 11 is 0. The monoisotopic (exact) mass is 286 g/mol. The Morgan fingerprint density at radius 1 is 1.24 bits per heavy atom. The molecule has 0 aliphatic heterocycles. The Morgan fingerprint density at radius 3 is 2.48 bits per heavy atom. The first-order chi connectivity index (χ1) is 10.1. The van der Waals surface area contributed by atoms with Gasteiger partial charge < -0.3 is 11.1 Å². The SMILES string of the molecule is CC(C)c1ccc(C(N)CNC(=O)Cc2ccn[nH]2)cc1. The van der Waals surface area contributed by atoms with E-state index in [9.17, 15) is 4.79 Å². The van der Waals surface area contributed by atoms with Crippen LogP contribution in [0.3, 0.4) is 0 Å². The fourth-order valence-electron chi connectivity index (χ4n) is 2.09. The largest absolute Gasteiger partial charge is 0.354 e. The van der Waals surface area contributed by atoms with Crippen LogP contribution in [0.25, 0.3) is 0 Å². The molecule has 0 aliphatic rings. The Kier molecular flexibility index (Phi) is 5.11. The zero-order chi connectivity index (χ0) is 15.2. The third kappa shape index (κ3) is 4.43. The number of benzene rings is 1. The molecule has 5 nitrogen and oxygen atoms in total. The number of aromatic nitrogens is 2. The highest BCUT2D eigenvalue weighted by Gasteiger charge is 2.10. The summed E-state index contributed by atoms with van der Waals surface area (Å²) < 4.78 is 0. The summed E-state index contributed by atoms with van der Waals surface area (Å²) in [6, 6.07) is 9.82. The van der Waals surface area contributed by atoms with Gasteiger partial charge in [-0.25, -0.2) is 0 Å². The molecule has 2 rings (SSSR count). The molecule has 0 saturated heterocycles. The number of H-pyrrole nitrogens is 1. The first-order valence-corrected chi connectivity index (χ1v) is 7.16. The van der Waals surface area contributed by atoms with Gasteiger partial charge in [-0.3, -0.25) is 9.89 Å². The van der Waals surface area contributed by atoms with Gasteiger partial charge in [-0.2, -0.15) is 5.10 Å². The Labute approximate surface area is 124 Å². The maximum Gasteiger partial charge on any atom is 0.226 e. The van der Waals surface area contributed by atoms with Crippen LogP contribution in [0.2, 0.25) is 0 Å². The van der Waals surface area contributed by atoms with E-state index in [0.29, 0.717) is 18.9 Å². The summed E-state index contributed by atoms with van der Waals surface area (Å²) in [5.74, 6) is 0.442. The van der Waals surface area contributed by atoms with E-state index in [1.54, 1.807) is 12.3 Å². The van der Waals surface area contributed by atoms with Gasteiger partial charge in [-0.1, -0.05) is 38.1 Å². The maximum absolute atomic E-state index is 11.8. The average Bonchev–Trinajstić information content (AvgIpc) is 2.97. The predicted molar refractivity (Wildman–Crippen MR) is 82.8 cm³/mol. The van der Waals surface area contributed by atoms with E-state index in [1.165, 1.54) is 5.56 Å². The van der Waals surface area contributed by atoms with Crippen LogP contribution in [-0.4, -0.2) is 22.6 Å². The number of rotatable bonds is 6. The van der Waals surface area contributed by atoms with Crippen LogP contribution in [0.5, 0.6) is 0 Å². The summed E-state index contributed by atoms with van der Waals surface area (Å²) in [7, 11) is 0. The van der Waals surface area contributed by atoms with Crippen LogP contribution >= 0.6 is 0 Å². The molecule has 0 aliphatic carbocycles. The molecule has 21 heavy (non-hydrogen) atoms. The van der Waals surface area contributed by atoms with Crippen LogP contribution in [0, 0.1) is 0 Å². The molecule has 1 aromatic carbocycles. The van der Waals surface area contributed by atoms with E-state index >= 15 is 0 Å². The van der Waals surface area contributed by atoms with Crippen molar-refractivity contribution in [3.8, 4) is 0 Å². The van der Waals surface area contributed by atoms with Crippen LogP contribution in [0.15, 0.2) is 36.5 Å². The topological polar surface area (TPSA) is 83.8 Å². The summed E-state index contributed by atoms with van der Waals surface area (Å²) in [5.41, 5.74) is 9.22. The van der Waals surface area contributed by atoms with Gasteiger partial charge in [-0.15, -0.1) is 0 Å². The second-order valence-corrected chi connectivity index (χ2v) is 5.49. The number of hydrogen-bond donors (Lipinski definition) is 3. The molecule has 0 radical (unpaired) electrons. The highest BCUT2D eigenvalue weighted by molar-refractivity contribution is 5.78. The number of nitrogens with two attached hydrogens (primary N) is 1. The van der Waals surface area contributed by atoms with Crippen molar-refractivity contribution >= 4 is 5.91 Å². The van der Waals surface area contributed by atoms with Crippen molar-refractivity contribution in [1.29, 1.82) is 0 Å². The third-order valence-electron chi connectivity index (χ3n) is 3.46. The van der Waals surface area contributed by atoms with Gasteiger partial charge >= 0.3 is 0 Å². The van der Waals surface area contributed by atoms with E-state index in [0.717, 1.165) is 11.3 Å². The van der Waals surface area contributed by atoms with E-state index in [-0.39, 0.29) is 11.9 Å². The molecule has 0 spiro atoms. The predicted octanol–water partition coefficient (Wildman–Crippen LogP) is 1.89. The minimum atomic E-state index is -0.197. The third-order valence-corrected chi connectivity index (χ3v) is 3.46. The molecule has 4 N–H and O–H groups in total. The minimum Gasteiger partial charge on any atom is -0.354 e. The number of nitrogens with one attached hydrogen (secondary N) is 2. The molecule has 1 heterocycles. The van der Waals surface area contributed by atoms with Crippen LogP contribution in [0.4, 0.5) is 0 Å². The molecule has 0 fully saturated rings. The molecule has 1 unspecified atom stereocenters. The van der Waals surface area contributed by atoms with Crippen molar-refractivity contribution in [3.63, 3.8) is 0 Å². The second-order valence-electron chi connectivity index (χ2n) is 5.49. The summed E-state index contributed by atoms with van der Waals surface area (Å²) in [6.45, 7) is 4.74. The van der Waals surface area contributed by atoms with E-state index < -0.39 is 0 Å². The normalized spacial score (nSPS) is 12.4. The van der Waals surface area contributed by atoms with Gasteiger partial charge in [0.25, 0.3) is 0 Å². The Hall–Kier alpha value is -2.14. The Morgan fingerprint density at radius 2 is 1.90 bits per heavy atom. The van der Waals surface area contributed by atoms with Crippen molar-refractivity contribution in [3.05, 3.63) is 53.3 Å². The average molecular weight is 286 g/mol. The molecule has 112 valence electrons. The number of nitrogens with zero attached hydrogens (tertiary/aromatic N) is 1. The molecule has 1 amide bonds. The summed E-state index contributed by atoms with van der Waals surface area (Å²) in [6.07, 6.45) is 1.92. The number of carbonyl (C=O) groups excluding carboxylic acids is 1. The lowest BCUT2D eigenvalue weighted by molar-refractivity contribution is -0.120. The zero-order valence-electron chi connectivity index (χ0n) is 12.5. The van der Waals surface area contributed by atoms with Crippen LogP contribution in [-0.2, 0) is 11.2 Å². The number of aromatic amines is 1. The van der Waals surface area contributed by atoms with Gasteiger partial charge in [0.05, 0.1) is 6.42 Å². The standard InChI is InChI=1S/C16H22N4O/c1-11(2)12-3-5-13(6-4-12)15(17)10-18-16(21)9-14-7-8-19-20-14/h3-8,11,15H,9-10,17H2,1-2H3,(H,18,21)(H,19,20). The molecule has 5 heteroatoms. The van der Waals surface area contributed by atoms with Gasteiger partial charge in [0.2, 0.25) is 5.91 Å². The first-order valence-electron chi connectivity index (χ1n) is 7.16. The van der Waals surface area contributed by atoms with Crippen molar-refractivity contribution in [2.45, 2.75) is 32.2 Å². The quantitative estimate of drug-likeness (QED) is 0.758. The zero-order valence-corrected chi connectivity index (χ0v) is 12.5. The number of carbonyl (C=O) groups is 1. The summed E-state index contributed by atoms with van der Waals surface area (Å²) in [5, 5.41) is 9.42. The van der Waals surface area contributed by atoms with Gasteiger partial charge in [0.1, 0.15) is 0 Å². The molecule has 1 atom stereocenters. The number of amides is 1.